The van der Waals surface area contributed by atoms with Gasteiger partial charge in [0.1, 0.15) is 0 Å². The second kappa shape index (κ2) is 6.02. The van der Waals surface area contributed by atoms with Crippen molar-refractivity contribution in [3.8, 4) is 12.3 Å². The molecule has 0 aromatic heterocycles. The van der Waals surface area contributed by atoms with Gasteiger partial charge in [-0.25, -0.2) is 8.42 Å². The van der Waals surface area contributed by atoms with Crippen LogP contribution in [0.15, 0.2) is 42.5 Å². The molecule has 6 heteroatoms. The van der Waals surface area contributed by atoms with E-state index in [4.69, 9.17) is 6.42 Å². The number of hydrogen-bond acceptors (Lipinski definition) is 3. The lowest BCUT2D eigenvalue weighted by atomic mass is 10.1. The van der Waals surface area contributed by atoms with E-state index in [9.17, 15) is 13.2 Å². The van der Waals surface area contributed by atoms with Crippen molar-refractivity contribution >= 4 is 27.3 Å². The van der Waals surface area contributed by atoms with Crippen LogP contribution in [0.4, 0.5) is 11.4 Å². The number of terminal acetylenes is 1. The maximum absolute atomic E-state index is 12.4. The number of rotatable bonds is 3. The van der Waals surface area contributed by atoms with Gasteiger partial charge in [-0.3, -0.25) is 9.10 Å². The molecule has 0 bridgehead atoms. The van der Waals surface area contributed by atoms with Gasteiger partial charge in [-0.1, -0.05) is 12.0 Å². The molecule has 1 amide bonds. The minimum Gasteiger partial charge on any atom is -0.322 e. The summed E-state index contributed by atoms with van der Waals surface area (Å²) in [5, 5.41) is 2.80. The van der Waals surface area contributed by atoms with Gasteiger partial charge in [0, 0.05) is 23.4 Å². The molecular weight excluding hydrogens is 324 g/mol. The molecule has 0 saturated carbocycles. The Morgan fingerprint density at radius 2 is 2.04 bits per heavy atom. The Hall–Kier alpha value is -2.78. The Kier molecular flexibility index (Phi) is 4.04. The Balaban J connectivity index is 1.84. The number of nitrogens with zero attached hydrogens (tertiary/aromatic N) is 1. The van der Waals surface area contributed by atoms with Crippen molar-refractivity contribution in [3.05, 3.63) is 59.2 Å². The third-order valence-corrected chi connectivity index (χ3v) is 5.06. The predicted octanol–water partition coefficient (Wildman–Crippen LogP) is 2.24. The highest BCUT2D eigenvalue weighted by Crippen LogP contribution is 2.30. The van der Waals surface area contributed by atoms with E-state index in [1.807, 2.05) is 0 Å². The van der Waals surface area contributed by atoms with E-state index in [1.54, 1.807) is 42.5 Å². The molecule has 2 aromatic carbocycles. The first-order valence-electron chi connectivity index (χ1n) is 7.37. The largest absolute Gasteiger partial charge is 0.322 e. The number of nitrogens with one attached hydrogen (secondary N) is 1. The van der Waals surface area contributed by atoms with Crippen LogP contribution in [0.1, 0.15) is 21.5 Å². The van der Waals surface area contributed by atoms with Gasteiger partial charge in [0.2, 0.25) is 10.0 Å². The first-order valence-corrected chi connectivity index (χ1v) is 9.22. The minimum atomic E-state index is -3.29. The van der Waals surface area contributed by atoms with Crippen LogP contribution < -0.4 is 9.62 Å². The van der Waals surface area contributed by atoms with Gasteiger partial charge in [0.15, 0.2) is 0 Å². The normalized spacial score (nSPS) is 13.2. The molecule has 24 heavy (non-hydrogen) atoms. The Morgan fingerprint density at radius 3 is 2.75 bits per heavy atom. The molecule has 0 atom stereocenters. The number of fused-ring (bicyclic) bond motifs is 1. The first kappa shape index (κ1) is 16.1. The van der Waals surface area contributed by atoms with Gasteiger partial charge < -0.3 is 5.32 Å². The Morgan fingerprint density at radius 1 is 1.25 bits per heavy atom. The van der Waals surface area contributed by atoms with E-state index < -0.39 is 10.0 Å². The second-order valence-corrected chi connectivity index (χ2v) is 7.51. The summed E-state index contributed by atoms with van der Waals surface area (Å²) in [7, 11) is -3.29. The molecule has 5 nitrogen and oxygen atoms in total. The van der Waals surface area contributed by atoms with Gasteiger partial charge in [0.25, 0.3) is 5.91 Å². The molecule has 3 rings (SSSR count). The smallest absolute Gasteiger partial charge is 0.255 e. The van der Waals surface area contributed by atoms with Crippen molar-refractivity contribution in [2.24, 2.45) is 0 Å². The summed E-state index contributed by atoms with van der Waals surface area (Å²) in [6.45, 7) is 0.406. The summed E-state index contributed by atoms with van der Waals surface area (Å²) in [6.07, 6.45) is 7.13. The number of amides is 1. The zero-order valence-electron chi connectivity index (χ0n) is 13.1. The van der Waals surface area contributed by atoms with E-state index in [-0.39, 0.29) is 5.91 Å². The molecule has 0 radical (unpaired) electrons. The lowest BCUT2D eigenvalue weighted by molar-refractivity contribution is 0.102. The molecular formula is C18H16N2O3S. The lowest BCUT2D eigenvalue weighted by Crippen LogP contribution is -2.27. The highest BCUT2D eigenvalue weighted by Gasteiger charge is 2.26. The number of anilines is 2. The Labute approximate surface area is 141 Å². The molecule has 1 heterocycles. The SMILES string of the molecule is C#Cc1cccc(NC(=O)c2ccc3c(c2)CCN3S(C)(=O)=O)c1. The summed E-state index contributed by atoms with van der Waals surface area (Å²) in [5.41, 5.74) is 3.28. The minimum absolute atomic E-state index is 0.259. The quantitative estimate of drug-likeness (QED) is 0.872. The van der Waals surface area contributed by atoms with E-state index in [0.717, 1.165) is 5.56 Å². The number of carbonyl (C=O) groups excluding carboxylic acids is 1. The maximum atomic E-state index is 12.4. The Bertz CT molecular complexity index is 958. The van der Waals surface area contributed by atoms with Crippen LogP contribution in [0.3, 0.4) is 0 Å². The van der Waals surface area contributed by atoms with Crippen molar-refractivity contribution in [2.75, 3.05) is 22.4 Å². The molecule has 0 aliphatic carbocycles. The van der Waals surface area contributed by atoms with E-state index in [1.165, 1.54) is 10.6 Å². The summed E-state index contributed by atoms with van der Waals surface area (Å²) < 4.78 is 24.9. The monoisotopic (exact) mass is 340 g/mol. The topological polar surface area (TPSA) is 66.5 Å². The fourth-order valence-corrected chi connectivity index (χ4v) is 3.71. The van der Waals surface area contributed by atoms with E-state index >= 15 is 0 Å². The number of carbonyl (C=O) groups is 1. The van der Waals surface area contributed by atoms with Crippen LogP contribution in [-0.2, 0) is 16.4 Å². The third-order valence-electron chi connectivity index (χ3n) is 3.88. The van der Waals surface area contributed by atoms with Crippen LogP contribution in [0.2, 0.25) is 0 Å². The summed E-state index contributed by atoms with van der Waals surface area (Å²) in [4.78, 5) is 12.4. The fourth-order valence-electron chi connectivity index (χ4n) is 2.75. The maximum Gasteiger partial charge on any atom is 0.255 e. The van der Waals surface area contributed by atoms with Crippen LogP contribution in [-0.4, -0.2) is 27.1 Å². The average molecular weight is 340 g/mol. The van der Waals surface area contributed by atoms with Crippen LogP contribution in [0.5, 0.6) is 0 Å². The highest BCUT2D eigenvalue weighted by atomic mass is 32.2. The molecule has 1 aliphatic rings. The van der Waals surface area contributed by atoms with Crippen LogP contribution in [0.25, 0.3) is 0 Å². The lowest BCUT2D eigenvalue weighted by Gasteiger charge is -2.16. The van der Waals surface area contributed by atoms with Gasteiger partial charge in [0.05, 0.1) is 11.9 Å². The van der Waals surface area contributed by atoms with Crippen molar-refractivity contribution in [1.82, 2.24) is 0 Å². The van der Waals surface area contributed by atoms with E-state index in [2.05, 4.69) is 11.2 Å². The fraction of sp³-hybridized carbons (Fsp3) is 0.167. The third kappa shape index (κ3) is 3.12. The molecule has 0 unspecified atom stereocenters. The summed E-state index contributed by atoms with van der Waals surface area (Å²) in [6, 6.07) is 12.1. The van der Waals surface area contributed by atoms with Crippen molar-refractivity contribution in [2.45, 2.75) is 6.42 Å². The molecule has 122 valence electrons. The summed E-state index contributed by atoms with van der Waals surface area (Å²) in [5.74, 6) is 2.26. The van der Waals surface area contributed by atoms with Gasteiger partial charge in [-0.05, 0) is 48.4 Å². The molecule has 2 aromatic rings. The van der Waals surface area contributed by atoms with Crippen molar-refractivity contribution in [3.63, 3.8) is 0 Å². The van der Waals surface area contributed by atoms with E-state index in [0.29, 0.717) is 35.5 Å². The predicted molar refractivity (Wildman–Crippen MR) is 94.7 cm³/mol. The van der Waals surface area contributed by atoms with Crippen molar-refractivity contribution in [1.29, 1.82) is 0 Å². The molecule has 0 spiro atoms. The number of benzene rings is 2. The summed E-state index contributed by atoms with van der Waals surface area (Å²) >= 11 is 0. The highest BCUT2D eigenvalue weighted by molar-refractivity contribution is 7.92. The number of sulfonamides is 1. The van der Waals surface area contributed by atoms with Gasteiger partial charge in [-0.2, -0.15) is 0 Å². The zero-order chi connectivity index (χ0) is 17.3. The molecule has 0 saturated heterocycles. The van der Waals surface area contributed by atoms with Crippen molar-refractivity contribution < 1.29 is 13.2 Å². The molecule has 1 aliphatic heterocycles. The molecule has 0 fully saturated rings. The standard InChI is InChI=1S/C18H16N2O3S/c1-3-13-5-4-6-16(11-13)19-18(21)15-7-8-17-14(12-15)9-10-20(17)24(2,22)23/h1,4-8,11-12H,9-10H2,2H3,(H,19,21). The first-order chi connectivity index (χ1) is 11.4. The van der Waals surface area contributed by atoms with Gasteiger partial charge >= 0.3 is 0 Å². The molecule has 1 N–H and O–H groups in total. The van der Waals surface area contributed by atoms with Crippen LogP contribution >= 0.6 is 0 Å². The zero-order valence-corrected chi connectivity index (χ0v) is 13.9. The van der Waals surface area contributed by atoms with Gasteiger partial charge in [-0.15, -0.1) is 6.42 Å². The number of hydrogen-bond donors (Lipinski definition) is 1. The average Bonchev–Trinajstić information content (AvgIpc) is 2.98. The van der Waals surface area contributed by atoms with Crippen LogP contribution in [0, 0.1) is 12.3 Å². The second-order valence-electron chi connectivity index (χ2n) is 5.61.